The Bertz CT molecular complexity index is 819. The minimum absolute atomic E-state index is 0.0130. The van der Waals surface area contributed by atoms with Crippen molar-refractivity contribution in [2.75, 3.05) is 30.9 Å². The van der Waals surface area contributed by atoms with Gasteiger partial charge in [0, 0.05) is 37.7 Å². The topological polar surface area (TPSA) is 84.9 Å². The second-order valence-corrected chi connectivity index (χ2v) is 10.7. The Morgan fingerprint density at radius 1 is 1.28 bits per heavy atom. The molecule has 0 aromatic carbocycles. The Morgan fingerprint density at radius 2 is 2.00 bits per heavy atom. The predicted octanol–water partition coefficient (Wildman–Crippen LogP) is 2.47. The lowest BCUT2D eigenvalue weighted by Gasteiger charge is -2.49. The first-order chi connectivity index (χ1) is 13.9. The number of sulfonamides is 1. The molecule has 29 heavy (non-hydrogen) atoms. The summed E-state index contributed by atoms with van der Waals surface area (Å²) in [5.74, 6) is 1.12. The summed E-state index contributed by atoms with van der Waals surface area (Å²) < 4.78 is 38.3. The maximum absolute atomic E-state index is 12.6. The highest BCUT2D eigenvalue weighted by Crippen LogP contribution is 2.38. The second-order valence-electron chi connectivity index (χ2n) is 8.14. The fourth-order valence-electron chi connectivity index (χ4n) is 4.77. The molecule has 0 saturated carbocycles. The van der Waals surface area contributed by atoms with E-state index in [0.29, 0.717) is 30.2 Å². The van der Waals surface area contributed by atoms with Gasteiger partial charge in [0.25, 0.3) is 0 Å². The summed E-state index contributed by atoms with van der Waals surface area (Å²) in [6, 6.07) is 1.88. The molecule has 162 valence electrons. The van der Waals surface area contributed by atoms with Gasteiger partial charge < -0.3 is 14.4 Å². The minimum Gasteiger partial charge on any atom is -0.472 e. The number of fused-ring (bicyclic) bond motifs is 2. The lowest BCUT2D eigenvalue weighted by Crippen LogP contribution is -2.58. The molecule has 4 heterocycles. The molecule has 3 aliphatic heterocycles. The van der Waals surface area contributed by atoms with E-state index in [1.54, 1.807) is 17.3 Å². The maximum atomic E-state index is 12.6. The normalized spacial score (nSPS) is 30.3. The lowest BCUT2D eigenvalue weighted by molar-refractivity contribution is 0.109. The molecular weight excluding hydrogens is 416 g/mol. The zero-order valence-corrected chi connectivity index (χ0v) is 18.5. The standard InChI is InChI=1S/C19H29ClN4O4S/c1-3-29(25,26)24-13-5-4-6-14(24)10-15(9-13)23(2)19-21-17(20)11-18(22-19)28-16-7-8-27-12-16/h11,13-16H,3-10,12H2,1-2H3/t13-,14+,15?,16-/m0/s1. The molecule has 4 rings (SSSR count). The molecule has 1 aromatic rings. The summed E-state index contributed by atoms with van der Waals surface area (Å²) in [5.41, 5.74) is 0. The number of hydrogen-bond donors (Lipinski definition) is 0. The summed E-state index contributed by atoms with van der Waals surface area (Å²) in [6.45, 7) is 2.97. The van der Waals surface area contributed by atoms with Crippen LogP contribution in [0, 0.1) is 0 Å². The molecule has 3 aliphatic rings. The molecule has 10 heteroatoms. The average molecular weight is 445 g/mol. The lowest BCUT2D eigenvalue weighted by atomic mass is 9.83. The smallest absolute Gasteiger partial charge is 0.230 e. The first-order valence-electron chi connectivity index (χ1n) is 10.4. The van der Waals surface area contributed by atoms with Gasteiger partial charge in [-0.25, -0.2) is 13.4 Å². The van der Waals surface area contributed by atoms with Gasteiger partial charge in [0.1, 0.15) is 11.3 Å². The van der Waals surface area contributed by atoms with Crippen LogP contribution < -0.4 is 9.64 Å². The highest BCUT2D eigenvalue weighted by molar-refractivity contribution is 7.89. The van der Waals surface area contributed by atoms with Gasteiger partial charge in [-0.15, -0.1) is 0 Å². The van der Waals surface area contributed by atoms with Crippen LogP contribution in [0.5, 0.6) is 5.88 Å². The quantitative estimate of drug-likeness (QED) is 0.623. The van der Waals surface area contributed by atoms with Crippen LogP contribution in [-0.4, -0.2) is 72.9 Å². The fraction of sp³-hybridized carbons (Fsp3) is 0.789. The zero-order valence-electron chi connectivity index (χ0n) is 17.0. The monoisotopic (exact) mass is 444 g/mol. The molecule has 1 unspecified atom stereocenters. The number of aromatic nitrogens is 2. The van der Waals surface area contributed by atoms with Gasteiger partial charge in [-0.2, -0.15) is 9.29 Å². The minimum atomic E-state index is -3.19. The van der Waals surface area contributed by atoms with Crippen LogP contribution in [0.3, 0.4) is 0 Å². The van der Waals surface area contributed by atoms with E-state index in [1.165, 1.54) is 0 Å². The Labute approximate surface area is 177 Å². The molecule has 0 radical (unpaired) electrons. The van der Waals surface area contributed by atoms with Crippen LogP contribution >= 0.6 is 11.6 Å². The number of ether oxygens (including phenoxy) is 2. The third-order valence-corrected chi connectivity index (χ3v) is 8.43. The van der Waals surface area contributed by atoms with Crippen LogP contribution in [-0.2, 0) is 14.8 Å². The molecule has 0 aliphatic carbocycles. The zero-order chi connectivity index (χ0) is 20.6. The summed E-state index contributed by atoms with van der Waals surface area (Å²) in [6.07, 6.45) is 5.26. The number of piperidine rings is 2. The summed E-state index contributed by atoms with van der Waals surface area (Å²) >= 11 is 6.24. The largest absolute Gasteiger partial charge is 0.472 e. The van der Waals surface area contributed by atoms with E-state index in [1.807, 2.05) is 11.9 Å². The Hall–Kier alpha value is -1.16. The van der Waals surface area contributed by atoms with Gasteiger partial charge in [-0.05, 0) is 32.6 Å². The molecule has 0 N–H and O–H groups in total. The van der Waals surface area contributed by atoms with E-state index in [9.17, 15) is 8.42 Å². The van der Waals surface area contributed by atoms with Crippen molar-refractivity contribution in [3.8, 4) is 5.88 Å². The van der Waals surface area contributed by atoms with E-state index in [4.69, 9.17) is 21.1 Å². The van der Waals surface area contributed by atoms with E-state index >= 15 is 0 Å². The van der Waals surface area contributed by atoms with Crippen molar-refractivity contribution in [1.29, 1.82) is 0 Å². The van der Waals surface area contributed by atoms with Crippen LogP contribution in [0.2, 0.25) is 5.15 Å². The summed E-state index contributed by atoms with van der Waals surface area (Å²) in [5, 5.41) is 0.335. The van der Waals surface area contributed by atoms with Crippen LogP contribution in [0.25, 0.3) is 0 Å². The number of halogens is 1. The second kappa shape index (κ2) is 8.53. The number of nitrogens with zero attached hydrogens (tertiary/aromatic N) is 4. The van der Waals surface area contributed by atoms with Crippen molar-refractivity contribution in [2.24, 2.45) is 0 Å². The SMILES string of the molecule is CCS(=O)(=O)N1[C@@H]2CCC[C@H]1CC(N(C)c1nc(Cl)cc(O[C@H]3CCOC3)n1)C2. The molecule has 0 spiro atoms. The third kappa shape index (κ3) is 4.47. The molecule has 0 amide bonds. The van der Waals surface area contributed by atoms with E-state index in [-0.39, 0.29) is 30.0 Å². The first kappa shape index (κ1) is 21.1. The van der Waals surface area contributed by atoms with Crippen molar-refractivity contribution in [3.05, 3.63) is 11.2 Å². The Morgan fingerprint density at radius 3 is 2.62 bits per heavy atom. The number of hydrogen-bond acceptors (Lipinski definition) is 7. The van der Waals surface area contributed by atoms with Crippen LogP contribution in [0.1, 0.15) is 45.4 Å². The van der Waals surface area contributed by atoms with E-state index in [2.05, 4.69) is 9.97 Å². The fourth-order valence-corrected chi connectivity index (χ4v) is 6.53. The molecule has 8 nitrogen and oxygen atoms in total. The van der Waals surface area contributed by atoms with Crippen LogP contribution in [0.15, 0.2) is 6.07 Å². The molecule has 3 fully saturated rings. The number of anilines is 1. The van der Waals surface area contributed by atoms with Gasteiger partial charge in [0.15, 0.2) is 0 Å². The van der Waals surface area contributed by atoms with Crippen molar-refractivity contribution >= 4 is 27.6 Å². The van der Waals surface area contributed by atoms with Gasteiger partial charge >= 0.3 is 0 Å². The van der Waals surface area contributed by atoms with Gasteiger partial charge in [0.05, 0.1) is 19.0 Å². The van der Waals surface area contributed by atoms with Crippen molar-refractivity contribution < 1.29 is 17.9 Å². The van der Waals surface area contributed by atoms with E-state index in [0.717, 1.165) is 38.5 Å². The molecule has 4 atom stereocenters. The Balaban J connectivity index is 1.51. The maximum Gasteiger partial charge on any atom is 0.230 e. The summed E-state index contributed by atoms with van der Waals surface area (Å²) in [7, 11) is -1.23. The number of rotatable bonds is 6. The molecule has 2 bridgehead atoms. The van der Waals surface area contributed by atoms with Gasteiger partial charge in [-0.1, -0.05) is 18.0 Å². The first-order valence-corrected chi connectivity index (χ1v) is 12.4. The Kier molecular flexibility index (Phi) is 6.20. The van der Waals surface area contributed by atoms with Gasteiger partial charge in [0.2, 0.25) is 21.9 Å². The molecule has 3 saturated heterocycles. The average Bonchev–Trinajstić information content (AvgIpc) is 3.18. The molecule has 1 aromatic heterocycles. The van der Waals surface area contributed by atoms with Crippen molar-refractivity contribution in [3.63, 3.8) is 0 Å². The molecular formula is C19H29ClN4O4S. The highest BCUT2D eigenvalue weighted by atomic mass is 35.5. The van der Waals surface area contributed by atoms with Crippen molar-refractivity contribution in [1.82, 2.24) is 14.3 Å². The van der Waals surface area contributed by atoms with Crippen molar-refractivity contribution in [2.45, 2.75) is 69.7 Å². The predicted molar refractivity (Wildman–Crippen MR) is 111 cm³/mol. The van der Waals surface area contributed by atoms with E-state index < -0.39 is 10.0 Å². The highest BCUT2D eigenvalue weighted by Gasteiger charge is 2.45. The third-order valence-electron chi connectivity index (χ3n) is 6.27. The summed E-state index contributed by atoms with van der Waals surface area (Å²) in [4.78, 5) is 11.0. The van der Waals surface area contributed by atoms with Crippen LogP contribution in [0.4, 0.5) is 5.95 Å². The van der Waals surface area contributed by atoms with Gasteiger partial charge in [-0.3, -0.25) is 0 Å².